The van der Waals surface area contributed by atoms with Crippen LogP contribution in [0.3, 0.4) is 0 Å². The molecule has 0 saturated carbocycles. The second-order valence-electron chi connectivity index (χ2n) is 3.57. The number of carbonyl (C=O) groups excluding carboxylic acids is 1. The van der Waals surface area contributed by atoms with Crippen LogP contribution in [0, 0.1) is 11.3 Å². The number of nitriles is 1. The average molecular weight is 239 g/mol. The molecular weight excluding hydrogens is 224 g/mol. The highest BCUT2D eigenvalue weighted by Gasteiger charge is 2.25. The molecule has 0 radical (unpaired) electrons. The van der Waals surface area contributed by atoms with Crippen LogP contribution in [0.5, 0.6) is 0 Å². The standard InChI is InChI=1S/C10H15N4O3/c1-13(2)10(14-3-5-16-6-4-14)17-12-9(7-11)8-15/h8H,3-6H2,1-2H3/q+1/b12-9+. The maximum Gasteiger partial charge on any atom is 0.472 e. The smallest absolute Gasteiger partial charge is 0.373 e. The third kappa shape index (κ3) is 3.85. The molecule has 0 bridgehead atoms. The van der Waals surface area contributed by atoms with Gasteiger partial charge < -0.3 is 4.74 Å². The lowest BCUT2D eigenvalue weighted by molar-refractivity contribution is -0.481. The lowest BCUT2D eigenvalue weighted by Crippen LogP contribution is -2.44. The van der Waals surface area contributed by atoms with Crippen LogP contribution in [0.4, 0.5) is 0 Å². The molecule has 0 atom stereocenters. The molecule has 1 saturated heterocycles. The molecule has 1 rings (SSSR count). The van der Waals surface area contributed by atoms with Crippen LogP contribution in [0.1, 0.15) is 0 Å². The summed E-state index contributed by atoms with van der Waals surface area (Å²) in [4.78, 5) is 17.5. The summed E-state index contributed by atoms with van der Waals surface area (Å²) in [5.41, 5.74) is -0.294. The summed E-state index contributed by atoms with van der Waals surface area (Å²) in [5, 5.41) is 12.0. The van der Waals surface area contributed by atoms with E-state index in [1.54, 1.807) is 24.7 Å². The van der Waals surface area contributed by atoms with Crippen molar-refractivity contribution in [3.63, 3.8) is 0 Å². The lowest BCUT2D eigenvalue weighted by atomic mass is 10.4. The fourth-order valence-electron chi connectivity index (χ4n) is 1.34. The van der Waals surface area contributed by atoms with Crippen LogP contribution in [-0.2, 0) is 14.4 Å². The molecule has 0 unspecified atom stereocenters. The van der Waals surface area contributed by atoms with E-state index in [-0.39, 0.29) is 5.71 Å². The number of aldehydes is 1. The zero-order valence-electron chi connectivity index (χ0n) is 9.92. The first-order chi connectivity index (χ1) is 8.19. The van der Waals surface area contributed by atoms with E-state index < -0.39 is 0 Å². The summed E-state index contributed by atoms with van der Waals surface area (Å²) in [5.74, 6) is 0. The van der Waals surface area contributed by atoms with Gasteiger partial charge in [-0.05, 0) is 0 Å². The minimum Gasteiger partial charge on any atom is -0.373 e. The molecule has 1 aliphatic heterocycles. The largest absolute Gasteiger partial charge is 0.472 e. The van der Waals surface area contributed by atoms with Gasteiger partial charge in [0.15, 0.2) is 6.29 Å². The number of ether oxygens (including phenoxy) is 1. The molecule has 7 nitrogen and oxygen atoms in total. The van der Waals surface area contributed by atoms with E-state index in [1.165, 1.54) is 0 Å². The summed E-state index contributed by atoms with van der Waals surface area (Å²) in [6.07, 6.45) is 0.354. The Morgan fingerprint density at radius 2 is 2.18 bits per heavy atom. The van der Waals surface area contributed by atoms with Crippen molar-refractivity contribution < 1.29 is 18.9 Å². The van der Waals surface area contributed by atoms with Gasteiger partial charge in [0.1, 0.15) is 19.2 Å². The molecule has 0 aliphatic carbocycles. The van der Waals surface area contributed by atoms with Crippen molar-refractivity contribution in [2.24, 2.45) is 5.16 Å². The number of carbonyl (C=O) groups is 1. The normalized spacial score (nSPS) is 16.1. The topological polar surface area (TPSA) is 77.9 Å². The molecule has 0 spiro atoms. The van der Waals surface area contributed by atoms with Gasteiger partial charge in [0.2, 0.25) is 5.71 Å². The number of oxime groups is 1. The first-order valence-corrected chi connectivity index (χ1v) is 5.16. The van der Waals surface area contributed by atoms with Crippen LogP contribution < -0.4 is 0 Å². The summed E-state index contributed by atoms with van der Waals surface area (Å²) in [6.45, 7) is 2.60. The first-order valence-electron chi connectivity index (χ1n) is 5.16. The van der Waals surface area contributed by atoms with Gasteiger partial charge in [-0.15, -0.1) is 0 Å². The molecule has 0 aromatic rings. The Balaban J connectivity index is 2.75. The lowest BCUT2D eigenvalue weighted by Gasteiger charge is -2.21. The van der Waals surface area contributed by atoms with Crippen LogP contribution >= 0.6 is 0 Å². The van der Waals surface area contributed by atoms with Gasteiger partial charge in [-0.3, -0.25) is 9.63 Å². The van der Waals surface area contributed by atoms with Crippen molar-refractivity contribution in [3.05, 3.63) is 0 Å². The molecule has 0 aromatic carbocycles. The van der Waals surface area contributed by atoms with Crippen molar-refractivity contribution in [3.8, 4) is 6.07 Å². The Morgan fingerprint density at radius 1 is 1.53 bits per heavy atom. The number of amidine groups is 1. The predicted octanol–water partition coefficient (Wildman–Crippen LogP) is -0.958. The molecular formula is C10H15N4O3+. The van der Waals surface area contributed by atoms with E-state index in [0.717, 1.165) is 0 Å². The number of rotatable bonds is 2. The van der Waals surface area contributed by atoms with Crippen molar-refractivity contribution in [1.82, 2.24) is 4.90 Å². The van der Waals surface area contributed by atoms with Gasteiger partial charge in [0.25, 0.3) is 0 Å². The second kappa shape index (κ2) is 6.60. The van der Waals surface area contributed by atoms with Gasteiger partial charge in [-0.25, -0.2) is 9.48 Å². The van der Waals surface area contributed by atoms with E-state index >= 15 is 0 Å². The van der Waals surface area contributed by atoms with Crippen molar-refractivity contribution in [1.29, 1.82) is 5.26 Å². The Labute approximate surface area is 99.5 Å². The minimum atomic E-state index is -0.294. The summed E-state index contributed by atoms with van der Waals surface area (Å²) in [6, 6.07) is 2.12. The Kier molecular flexibility index (Phi) is 5.10. The highest BCUT2D eigenvalue weighted by molar-refractivity contribution is 6.35. The Hall–Kier alpha value is -1.94. The number of hydrogen-bond donors (Lipinski definition) is 0. The highest BCUT2D eigenvalue weighted by atomic mass is 16.7. The zero-order valence-corrected chi connectivity index (χ0v) is 9.92. The monoisotopic (exact) mass is 239 g/mol. The SMILES string of the molecule is C[N+](C)=C(O/N=C(\C#N)C=O)N1CCOCC1. The van der Waals surface area contributed by atoms with Crippen LogP contribution in [-0.4, -0.2) is 67.9 Å². The summed E-state index contributed by atoms with van der Waals surface area (Å²) < 4.78 is 6.95. The molecule has 92 valence electrons. The van der Waals surface area contributed by atoms with Crippen LogP contribution in [0.25, 0.3) is 0 Å². The number of nitrogens with zero attached hydrogens (tertiary/aromatic N) is 4. The quantitative estimate of drug-likeness (QED) is 0.204. The first kappa shape index (κ1) is 13.1. The third-order valence-electron chi connectivity index (χ3n) is 2.12. The molecule has 1 fully saturated rings. The van der Waals surface area contributed by atoms with E-state index in [4.69, 9.17) is 14.8 Å². The van der Waals surface area contributed by atoms with E-state index in [9.17, 15) is 4.79 Å². The molecule has 1 aliphatic rings. The van der Waals surface area contributed by atoms with Crippen LogP contribution in [0.15, 0.2) is 5.16 Å². The van der Waals surface area contributed by atoms with E-state index in [2.05, 4.69) is 5.16 Å². The van der Waals surface area contributed by atoms with Gasteiger partial charge in [-0.2, -0.15) is 5.26 Å². The Morgan fingerprint density at radius 3 is 2.65 bits per heavy atom. The average Bonchev–Trinajstić information content (AvgIpc) is 2.35. The predicted molar refractivity (Wildman–Crippen MR) is 59.7 cm³/mol. The highest BCUT2D eigenvalue weighted by Crippen LogP contribution is 2.00. The molecule has 1 heterocycles. The fraction of sp³-hybridized carbons (Fsp3) is 0.600. The molecule has 7 heteroatoms. The number of hydrogen-bond acceptors (Lipinski definition) is 5. The van der Waals surface area contributed by atoms with Crippen LogP contribution in [0.2, 0.25) is 0 Å². The summed E-state index contributed by atoms with van der Waals surface area (Å²) >= 11 is 0. The third-order valence-corrected chi connectivity index (χ3v) is 2.12. The minimum absolute atomic E-state index is 0.294. The molecule has 17 heavy (non-hydrogen) atoms. The van der Waals surface area contributed by atoms with Gasteiger partial charge in [-0.1, -0.05) is 5.16 Å². The maximum atomic E-state index is 10.4. The second-order valence-corrected chi connectivity index (χ2v) is 3.57. The maximum absolute atomic E-state index is 10.4. The molecule has 0 amide bonds. The molecule has 0 aromatic heterocycles. The van der Waals surface area contributed by atoms with Gasteiger partial charge >= 0.3 is 6.02 Å². The molecule has 0 N–H and O–H groups in total. The van der Waals surface area contributed by atoms with Crippen molar-refractivity contribution in [2.75, 3.05) is 40.4 Å². The number of morpholine rings is 1. The van der Waals surface area contributed by atoms with E-state index in [0.29, 0.717) is 38.6 Å². The summed E-state index contributed by atoms with van der Waals surface area (Å²) in [7, 11) is 3.60. The fourth-order valence-corrected chi connectivity index (χ4v) is 1.34. The van der Waals surface area contributed by atoms with Crippen molar-refractivity contribution in [2.45, 2.75) is 0 Å². The van der Waals surface area contributed by atoms with Gasteiger partial charge in [0, 0.05) is 0 Å². The van der Waals surface area contributed by atoms with Crippen molar-refractivity contribution >= 4 is 18.0 Å². The Bertz CT molecular complexity index is 374. The van der Waals surface area contributed by atoms with E-state index in [1.807, 2.05) is 4.90 Å². The zero-order chi connectivity index (χ0) is 12.7. The van der Waals surface area contributed by atoms with Gasteiger partial charge in [0.05, 0.1) is 27.3 Å².